The first-order valence-electron chi connectivity index (χ1n) is 7.12. The molecular formula is C17H14FN3O. The molecule has 0 amide bonds. The molecule has 110 valence electrons. The Bertz CT molecular complexity index is 881. The summed E-state index contributed by atoms with van der Waals surface area (Å²) in [5, 5.41) is 14.8. The molecular weight excluding hydrogens is 281 g/mol. The van der Waals surface area contributed by atoms with Crippen LogP contribution >= 0.6 is 0 Å². The molecule has 3 aromatic rings. The third-order valence-electron chi connectivity index (χ3n) is 3.92. The minimum absolute atomic E-state index is 0.132. The highest BCUT2D eigenvalue weighted by Crippen LogP contribution is 2.42. The lowest BCUT2D eigenvalue weighted by Gasteiger charge is -2.16. The van der Waals surface area contributed by atoms with Gasteiger partial charge in [0.1, 0.15) is 11.5 Å². The Labute approximate surface area is 126 Å². The number of aromatic amines is 1. The molecule has 0 spiro atoms. The van der Waals surface area contributed by atoms with Crippen molar-refractivity contribution < 1.29 is 9.50 Å². The van der Waals surface area contributed by atoms with Crippen LogP contribution in [0.4, 0.5) is 15.8 Å². The summed E-state index contributed by atoms with van der Waals surface area (Å²) < 4.78 is 12.9. The van der Waals surface area contributed by atoms with Crippen molar-refractivity contribution in [1.82, 2.24) is 4.98 Å². The Morgan fingerprint density at radius 1 is 1.23 bits per heavy atom. The average Bonchev–Trinajstić information content (AvgIpc) is 2.97. The number of aromatic hydroxyl groups is 1. The van der Waals surface area contributed by atoms with Gasteiger partial charge in [-0.3, -0.25) is 4.99 Å². The van der Waals surface area contributed by atoms with Gasteiger partial charge < -0.3 is 15.4 Å². The van der Waals surface area contributed by atoms with E-state index >= 15 is 0 Å². The molecule has 2 heterocycles. The number of phenolic OH excluding ortho intramolecular Hbond substituents is 1. The average molecular weight is 295 g/mol. The van der Waals surface area contributed by atoms with Crippen LogP contribution in [0.2, 0.25) is 0 Å². The van der Waals surface area contributed by atoms with Crippen molar-refractivity contribution in [3.63, 3.8) is 0 Å². The monoisotopic (exact) mass is 295 g/mol. The highest BCUT2D eigenvalue weighted by atomic mass is 19.1. The third kappa shape index (κ3) is 2.02. The Kier molecular flexibility index (Phi) is 2.85. The van der Waals surface area contributed by atoms with Gasteiger partial charge in [-0.2, -0.15) is 0 Å². The molecule has 1 aliphatic rings. The normalized spacial score (nSPS) is 13.7. The molecule has 2 aromatic carbocycles. The van der Waals surface area contributed by atoms with Crippen molar-refractivity contribution in [2.45, 2.75) is 6.42 Å². The molecule has 5 heteroatoms. The number of nitrogens with one attached hydrogen (secondary N) is 2. The first-order chi connectivity index (χ1) is 10.7. The van der Waals surface area contributed by atoms with Crippen molar-refractivity contribution in [3.05, 3.63) is 53.5 Å². The van der Waals surface area contributed by atoms with Crippen LogP contribution in [0.3, 0.4) is 0 Å². The van der Waals surface area contributed by atoms with E-state index in [9.17, 15) is 9.50 Å². The fourth-order valence-corrected chi connectivity index (χ4v) is 2.82. The smallest absolute Gasteiger partial charge is 0.165 e. The molecule has 0 saturated heterocycles. The molecule has 3 N–H and O–H groups in total. The molecule has 4 rings (SSSR count). The maximum atomic E-state index is 12.9. The lowest BCUT2D eigenvalue weighted by molar-refractivity contribution is 0.482. The van der Waals surface area contributed by atoms with E-state index in [1.54, 1.807) is 18.3 Å². The number of rotatable bonds is 2. The molecule has 0 radical (unpaired) electrons. The number of nitrogens with zero attached hydrogens (tertiary/aromatic N) is 1. The van der Waals surface area contributed by atoms with Gasteiger partial charge in [0.2, 0.25) is 0 Å². The number of benzene rings is 2. The summed E-state index contributed by atoms with van der Waals surface area (Å²) in [7, 11) is 0. The number of anilines is 1. The fraction of sp³-hybridized carbons (Fsp3) is 0.118. The van der Waals surface area contributed by atoms with Crippen LogP contribution < -0.4 is 5.32 Å². The van der Waals surface area contributed by atoms with E-state index in [0.717, 1.165) is 29.6 Å². The summed E-state index contributed by atoms with van der Waals surface area (Å²) in [6.45, 7) is 0.867. The summed E-state index contributed by atoms with van der Waals surface area (Å²) in [6, 6.07) is 7.89. The quantitative estimate of drug-likeness (QED) is 0.498. The number of halogens is 1. The van der Waals surface area contributed by atoms with Crippen LogP contribution in [0.1, 0.15) is 11.1 Å². The van der Waals surface area contributed by atoms with Crippen LogP contribution in [0.15, 0.2) is 41.5 Å². The van der Waals surface area contributed by atoms with Gasteiger partial charge >= 0.3 is 0 Å². The van der Waals surface area contributed by atoms with Gasteiger partial charge in [0.15, 0.2) is 5.75 Å². The molecule has 1 aromatic heterocycles. The zero-order valence-electron chi connectivity index (χ0n) is 11.7. The van der Waals surface area contributed by atoms with Gasteiger partial charge in [-0.05, 0) is 35.7 Å². The van der Waals surface area contributed by atoms with Crippen LogP contribution in [0.25, 0.3) is 10.9 Å². The molecule has 0 fully saturated rings. The van der Waals surface area contributed by atoms with Crippen LogP contribution in [-0.4, -0.2) is 22.8 Å². The van der Waals surface area contributed by atoms with E-state index in [0.29, 0.717) is 11.2 Å². The van der Waals surface area contributed by atoms with Crippen LogP contribution in [0.5, 0.6) is 5.75 Å². The van der Waals surface area contributed by atoms with E-state index in [1.165, 1.54) is 17.7 Å². The van der Waals surface area contributed by atoms with Gasteiger partial charge in [-0.25, -0.2) is 4.39 Å². The Balaban J connectivity index is 1.79. The molecule has 0 bridgehead atoms. The summed E-state index contributed by atoms with van der Waals surface area (Å²) >= 11 is 0. The lowest BCUT2D eigenvalue weighted by Crippen LogP contribution is -2.09. The minimum Gasteiger partial charge on any atom is -0.504 e. The van der Waals surface area contributed by atoms with Crippen molar-refractivity contribution in [3.8, 4) is 5.75 Å². The predicted octanol–water partition coefficient (Wildman–Crippen LogP) is 3.73. The summed E-state index contributed by atoms with van der Waals surface area (Å²) in [5.41, 5.74) is 4.13. The van der Waals surface area contributed by atoms with E-state index in [1.807, 2.05) is 12.3 Å². The zero-order chi connectivity index (χ0) is 15.1. The van der Waals surface area contributed by atoms with Gasteiger partial charge in [-0.15, -0.1) is 0 Å². The molecule has 0 aliphatic carbocycles. The van der Waals surface area contributed by atoms with Crippen molar-refractivity contribution in [1.29, 1.82) is 0 Å². The first kappa shape index (κ1) is 12.9. The second kappa shape index (κ2) is 4.87. The van der Waals surface area contributed by atoms with E-state index in [2.05, 4.69) is 15.3 Å². The molecule has 0 unspecified atom stereocenters. The van der Waals surface area contributed by atoms with E-state index in [4.69, 9.17) is 0 Å². The number of hydrogen-bond acceptors (Lipinski definition) is 3. The van der Waals surface area contributed by atoms with Gasteiger partial charge in [0.05, 0.1) is 5.52 Å². The van der Waals surface area contributed by atoms with Gasteiger partial charge in [0, 0.05) is 30.0 Å². The van der Waals surface area contributed by atoms with E-state index in [-0.39, 0.29) is 11.6 Å². The van der Waals surface area contributed by atoms with E-state index < -0.39 is 0 Å². The maximum Gasteiger partial charge on any atom is 0.165 e. The summed E-state index contributed by atoms with van der Waals surface area (Å²) in [5.74, 6) is -0.152. The van der Waals surface area contributed by atoms with Crippen LogP contribution in [-0.2, 0) is 6.42 Å². The molecule has 0 saturated carbocycles. The Morgan fingerprint density at radius 2 is 2.05 bits per heavy atom. The standard InChI is InChI=1S/C17H14FN3O/c18-12-3-1-10(2-4-12)8-20-14-7-13-15-11(5-6-19-13)9-21-16(15)17(14)22/h1-4,7-9,19,21-22H,5-6H2. The molecule has 0 atom stereocenters. The van der Waals surface area contributed by atoms with Crippen LogP contribution in [0, 0.1) is 5.82 Å². The predicted molar refractivity (Wildman–Crippen MR) is 85.8 cm³/mol. The van der Waals surface area contributed by atoms with Gasteiger partial charge in [0.25, 0.3) is 0 Å². The third-order valence-corrected chi connectivity index (χ3v) is 3.92. The van der Waals surface area contributed by atoms with Crippen molar-refractivity contribution >= 4 is 28.5 Å². The Hall–Kier alpha value is -2.82. The highest BCUT2D eigenvalue weighted by molar-refractivity contribution is 6.03. The summed E-state index contributed by atoms with van der Waals surface area (Å²) in [4.78, 5) is 7.46. The number of aliphatic imine (C=N–C) groups is 1. The van der Waals surface area contributed by atoms with Crippen molar-refractivity contribution in [2.75, 3.05) is 11.9 Å². The second-order valence-electron chi connectivity index (χ2n) is 5.34. The SMILES string of the molecule is Oc1c(N=Cc2ccc(F)cc2)cc2c3c(c[nH]c13)CCN2. The summed E-state index contributed by atoms with van der Waals surface area (Å²) in [6.07, 6.45) is 4.48. The highest BCUT2D eigenvalue weighted by Gasteiger charge is 2.18. The number of hydrogen-bond donors (Lipinski definition) is 3. The topological polar surface area (TPSA) is 60.4 Å². The second-order valence-corrected chi connectivity index (χ2v) is 5.34. The number of H-pyrrole nitrogens is 1. The zero-order valence-corrected chi connectivity index (χ0v) is 11.7. The first-order valence-corrected chi connectivity index (χ1v) is 7.12. The minimum atomic E-state index is -0.283. The largest absolute Gasteiger partial charge is 0.504 e. The molecule has 1 aliphatic heterocycles. The van der Waals surface area contributed by atoms with Crippen molar-refractivity contribution in [2.24, 2.45) is 4.99 Å². The molecule has 4 nitrogen and oxygen atoms in total. The maximum absolute atomic E-state index is 12.9. The number of aromatic nitrogens is 1. The number of phenols is 1. The molecule has 22 heavy (non-hydrogen) atoms. The lowest BCUT2D eigenvalue weighted by atomic mass is 10.0. The van der Waals surface area contributed by atoms with Gasteiger partial charge in [-0.1, -0.05) is 12.1 Å². The Morgan fingerprint density at radius 3 is 2.86 bits per heavy atom. The fourth-order valence-electron chi connectivity index (χ4n) is 2.82.